The molecule has 0 unspecified atom stereocenters. The molecule has 0 aliphatic carbocycles. The Kier molecular flexibility index (Phi) is 11.0. The number of carbonyl (C=O) groups excluding carboxylic acids is 2. The molecule has 0 fully saturated rings. The summed E-state index contributed by atoms with van der Waals surface area (Å²) in [7, 11) is 0. The third-order valence-corrected chi connectivity index (χ3v) is 8.12. The van der Waals surface area contributed by atoms with Crippen molar-refractivity contribution in [1.82, 2.24) is 9.13 Å². The topological polar surface area (TPSA) is 134 Å². The zero-order chi connectivity index (χ0) is 30.2. The molecule has 0 saturated heterocycles. The molecule has 0 aliphatic heterocycles. The first-order valence-corrected chi connectivity index (χ1v) is 15.7. The van der Waals surface area contributed by atoms with Crippen molar-refractivity contribution in [3.8, 4) is 11.8 Å². The van der Waals surface area contributed by atoms with Gasteiger partial charge in [-0.1, -0.05) is 57.5 Å². The highest BCUT2D eigenvalue weighted by Crippen LogP contribution is 2.41. The summed E-state index contributed by atoms with van der Waals surface area (Å²) < 4.78 is 5.16. The van der Waals surface area contributed by atoms with Crippen LogP contribution in [0.5, 0.6) is 11.8 Å². The van der Waals surface area contributed by atoms with Crippen molar-refractivity contribution in [2.24, 2.45) is 20.5 Å². The van der Waals surface area contributed by atoms with Crippen LogP contribution in [0.3, 0.4) is 0 Å². The molecule has 12 heteroatoms. The number of aromatic nitrogens is 2. The van der Waals surface area contributed by atoms with E-state index in [1.807, 2.05) is 50.2 Å². The molecule has 2 heterocycles. The van der Waals surface area contributed by atoms with E-state index in [4.69, 9.17) is 0 Å². The minimum atomic E-state index is -0.321. The summed E-state index contributed by atoms with van der Waals surface area (Å²) in [6.45, 7) is 4.99. The molecule has 2 N–H and O–H groups in total. The lowest BCUT2D eigenvalue weighted by Gasteiger charge is -2.01. The smallest absolute Gasteiger partial charge is 0.264 e. The molecule has 0 spiro atoms. The van der Waals surface area contributed by atoms with Gasteiger partial charge in [-0.15, -0.1) is 20.5 Å². The molecule has 2 aromatic heterocycles. The fourth-order valence-corrected chi connectivity index (χ4v) is 5.72. The number of carbonyl (C=O) groups is 2. The summed E-state index contributed by atoms with van der Waals surface area (Å²) in [5.74, 6) is -0.647. The van der Waals surface area contributed by atoms with E-state index in [0.717, 1.165) is 56.4 Å². The summed E-state index contributed by atoms with van der Waals surface area (Å²) in [4.78, 5) is 24.6. The Balaban J connectivity index is 1.16. The Morgan fingerprint density at radius 1 is 0.667 bits per heavy atom. The van der Waals surface area contributed by atoms with Crippen molar-refractivity contribution in [3.05, 3.63) is 45.3 Å². The van der Waals surface area contributed by atoms with Gasteiger partial charge in [-0.3, -0.25) is 9.59 Å². The van der Waals surface area contributed by atoms with Crippen molar-refractivity contribution in [2.75, 3.05) is 0 Å². The van der Waals surface area contributed by atoms with Crippen LogP contribution in [0.25, 0.3) is 21.8 Å². The number of fused-ring (bicyclic) bond motifs is 2. The predicted octanol–water partition coefficient (Wildman–Crippen LogP) is 9.61. The largest absolute Gasteiger partial charge is 0.493 e. The van der Waals surface area contributed by atoms with E-state index in [9.17, 15) is 19.8 Å². The van der Waals surface area contributed by atoms with Gasteiger partial charge in [0.25, 0.3) is 11.8 Å². The van der Waals surface area contributed by atoms with E-state index in [1.165, 1.54) is 0 Å². The Hall–Kier alpha value is -3.38. The number of halogens is 2. The van der Waals surface area contributed by atoms with Crippen LogP contribution >= 0.6 is 31.9 Å². The summed E-state index contributed by atoms with van der Waals surface area (Å²) >= 11 is 6.88. The lowest BCUT2D eigenvalue weighted by Crippen LogP contribution is -1.93. The number of aryl methyl sites for hydroxylation is 2. The summed E-state index contributed by atoms with van der Waals surface area (Å²) in [5.41, 5.74) is 2.26. The molecule has 10 nitrogen and oxygen atoms in total. The van der Waals surface area contributed by atoms with Gasteiger partial charge >= 0.3 is 0 Å². The van der Waals surface area contributed by atoms with Crippen molar-refractivity contribution < 1.29 is 19.8 Å². The first-order valence-electron chi connectivity index (χ1n) is 14.2. The maximum Gasteiger partial charge on any atom is 0.264 e. The van der Waals surface area contributed by atoms with Gasteiger partial charge in [0.2, 0.25) is 11.8 Å². The van der Waals surface area contributed by atoms with Crippen LogP contribution in [0.2, 0.25) is 0 Å². The van der Waals surface area contributed by atoms with Crippen molar-refractivity contribution >= 4 is 76.9 Å². The average Bonchev–Trinajstić information content (AvgIpc) is 3.39. The fraction of sp³-hybridized carbons (Fsp3) is 0.400. The predicted molar refractivity (Wildman–Crippen MR) is 170 cm³/mol. The second-order valence-corrected chi connectivity index (χ2v) is 11.8. The SMILES string of the molecule is CCn1c(O)c(N=NC(=O)CCCCCCCCC(=O)N=Nc2c(O)n(CC)c3ccc(Br)cc23)c2cc(Br)ccc21. The highest BCUT2D eigenvalue weighted by molar-refractivity contribution is 9.10. The number of azo groups is 2. The number of rotatable bonds is 13. The van der Waals surface area contributed by atoms with Crippen LogP contribution in [0, 0.1) is 0 Å². The van der Waals surface area contributed by atoms with Crippen LogP contribution in [0.15, 0.2) is 65.8 Å². The zero-order valence-corrected chi connectivity index (χ0v) is 26.9. The molecular weight excluding hydrogens is 668 g/mol. The summed E-state index contributed by atoms with van der Waals surface area (Å²) in [6, 6.07) is 11.3. The maximum atomic E-state index is 12.3. The van der Waals surface area contributed by atoms with E-state index >= 15 is 0 Å². The van der Waals surface area contributed by atoms with Crippen LogP contribution < -0.4 is 0 Å². The highest BCUT2D eigenvalue weighted by Gasteiger charge is 2.17. The average molecular weight is 702 g/mol. The monoisotopic (exact) mass is 700 g/mol. The number of amides is 2. The number of aromatic hydroxyl groups is 2. The van der Waals surface area contributed by atoms with E-state index < -0.39 is 0 Å². The number of hydrogen-bond donors (Lipinski definition) is 2. The molecule has 0 radical (unpaired) electrons. The molecule has 2 aromatic carbocycles. The van der Waals surface area contributed by atoms with Crippen LogP contribution in [-0.2, 0) is 22.7 Å². The van der Waals surface area contributed by atoms with Gasteiger partial charge in [0.05, 0.1) is 11.0 Å². The summed E-state index contributed by atoms with van der Waals surface area (Å²) in [6.07, 6.45) is 5.61. The Bertz CT molecular complexity index is 1530. The van der Waals surface area contributed by atoms with E-state index in [-0.39, 0.29) is 36.4 Å². The third kappa shape index (κ3) is 7.33. The second-order valence-electron chi connectivity index (χ2n) is 9.96. The van der Waals surface area contributed by atoms with Crippen LogP contribution in [0.1, 0.15) is 65.2 Å². The molecule has 222 valence electrons. The minimum absolute atomic E-state index is 0.00223. The van der Waals surface area contributed by atoms with Gasteiger partial charge < -0.3 is 19.3 Å². The Morgan fingerprint density at radius 3 is 1.43 bits per heavy atom. The normalized spacial score (nSPS) is 12.0. The first kappa shape index (κ1) is 31.6. The van der Waals surface area contributed by atoms with Gasteiger partial charge in [0.1, 0.15) is 0 Å². The maximum absolute atomic E-state index is 12.3. The van der Waals surface area contributed by atoms with Crippen LogP contribution in [0.4, 0.5) is 11.4 Å². The molecule has 0 aliphatic rings. The van der Waals surface area contributed by atoms with Gasteiger partial charge in [-0.05, 0) is 63.1 Å². The van der Waals surface area contributed by atoms with Gasteiger partial charge in [-0.25, -0.2) is 0 Å². The first-order chi connectivity index (χ1) is 20.2. The third-order valence-electron chi connectivity index (χ3n) is 7.13. The van der Waals surface area contributed by atoms with Crippen molar-refractivity contribution in [2.45, 2.75) is 78.3 Å². The highest BCUT2D eigenvalue weighted by atomic mass is 79.9. The van der Waals surface area contributed by atoms with Crippen molar-refractivity contribution in [1.29, 1.82) is 0 Å². The second kappa shape index (κ2) is 14.7. The van der Waals surface area contributed by atoms with E-state index in [0.29, 0.717) is 37.3 Å². The number of unbranched alkanes of at least 4 members (excludes halogenated alkanes) is 5. The molecule has 2 amide bonds. The Morgan fingerprint density at radius 2 is 1.05 bits per heavy atom. The zero-order valence-electron chi connectivity index (χ0n) is 23.7. The standard InChI is InChI=1S/C30H34Br2N6O4/c1-3-37-23-15-13-19(31)17-21(23)27(29(37)41)35-33-25(39)11-9-7-5-6-8-10-12-26(40)34-36-28-22-18-20(32)14-16-24(22)38(4-2)30(28)42/h13-18,41-42H,3-12H2,1-2H3. The number of nitrogens with zero attached hydrogens (tertiary/aromatic N) is 6. The lowest BCUT2D eigenvalue weighted by atomic mass is 10.1. The molecule has 4 rings (SSSR count). The van der Waals surface area contributed by atoms with Crippen molar-refractivity contribution in [3.63, 3.8) is 0 Å². The lowest BCUT2D eigenvalue weighted by molar-refractivity contribution is -0.119. The van der Waals surface area contributed by atoms with Gasteiger partial charge in [-0.2, -0.15) is 0 Å². The van der Waals surface area contributed by atoms with Gasteiger partial charge in [0, 0.05) is 45.6 Å². The molecule has 0 atom stereocenters. The quantitative estimate of drug-likeness (QED) is 0.106. The molecule has 4 aromatic rings. The summed E-state index contributed by atoms with van der Waals surface area (Å²) in [5, 5.41) is 38.4. The van der Waals surface area contributed by atoms with Gasteiger partial charge in [0.15, 0.2) is 11.4 Å². The Labute approximate surface area is 260 Å². The molecule has 42 heavy (non-hydrogen) atoms. The molecule has 0 bridgehead atoms. The number of hydrogen-bond acceptors (Lipinski definition) is 6. The molecule has 0 saturated carbocycles. The van der Waals surface area contributed by atoms with E-state index in [2.05, 4.69) is 52.3 Å². The fourth-order valence-electron chi connectivity index (χ4n) is 5.00. The van der Waals surface area contributed by atoms with E-state index in [1.54, 1.807) is 9.13 Å². The number of benzene rings is 2. The van der Waals surface area contributed by atoms with Crippen LogP contribution in [-0.4, -0.2) is 31.2 Å². The molecular formula is C30H34Br2N6O4. The minimum Gasteiger partial charge on any atom is -0.493 e.